The normalized spacial score (nSPS) is 9.90. The maximum atomic E-state index is 13.5. The van der Waals surface area contributed by atoms with Gasteiger partial charge in [0.1, 0.15) is 18.2 Å². The van der Waals surface area contributed by atoms with Crippen molar-refractivity contribution in [3.8, 4) is 17.6 Å². The highest BCUT2D eigenvalue weighted by Crippen LogP contribution is 2.19. The van der Waals surface area contributed by atoms with Gasteiger partial charge >= 0.3 is 0 Å². The Morgan fingerprint density at radius 1 is 1.10 bits per heavy atom. The van der Waals surface area contributed by atoms with E-state index in [1.54, 1.807) is 0 Å². The van der Waals surface area contributed by atoms with Crippen LogP contribution < -0.4 is 4.74 Å². The van der Waals surface area contributed by atoms with E-state index in [9.17, 15) is 13.2 Å². The highest BCUT2D eigenvalue weighted by molar-refractivity contribution is 6.19. The van der Waals surface area contributed by atoms with E-state index in [1.807, 2.05) is 0 Å². The van der Waals surface area contributed by atoms with Crippen molar-refractivity contribution in [1.29, 1.82) is 0 Å². The van der Waals surface area contributed by atoms with Crippen LogP contribution in [-0.2, 0) is 6.61 Å². The van der Waals surface area contributed by atoms with Gasteiger partial charge in [0.05, 0.1) is 5.88 Å². The van der Waals surface area contributed by atoms with E-state index in [0.717, 1.165) is 12.1 Å². The predicted octanol–water partition coefficient (Wildman–Crippen LogP) is 4.27. The van der Waals surface area contributed by atoms with Crippen LogP contribution >= 0.6 is 11.6 Å². The second-order valence-corrected chi connectivity index (χ2v) is 4.38. The molecule has 0 aliphatic carbocycles. The van der Waals surface area contributed by atoms with Crippen LogP contribution in [0.4, 0.5) is 13.2 Å². The number of hydrogen-bond acceptors (Lipinski definition) is 1. The monoisotopic (exact) mass is 310 g/mol. The molecular formula is C16H10ClF3O. The lowest BCUT2D eigenvalue weighted by atomic mass is 10.2. The van der Waals surface area contributed by atoms with Crippen molar-refractivity contribution in [2.45, 2.75) is 6.61 Å². The highest BCUT2D eigenvalue weighted by atomic mass is 35.5. The van der Waals surface area contributed by atoms with Crippen LogP contribution in [0.2, 0.25) is 0 Å². The topological polar surface area (TPSA) is 9.23 Å². The van der Waals surface area contributed by atoms with Gasteiger partial charge in [0, 0.05) is 17.2 Å². The highest BCUT2D eigenvalue weighted by Gasteiger charge is 2.08. The van der Waals surface area contributed by atoms with Crippen molar-refractivity contribution in [3.63, 3.8) is 0 Å². The number of alkyl halides is 1. The zero-order valence-corrected chi connectivity index (χ0v) is 11.6. The molecule has 5 heteroatoms. The lowest BCUT2D eigenvalue weighted by Crippen LogP contribution is -2.01. The molecule has 21 heavy (non-hydrogen) atoms. The Morgan fingerprint density at radius 2 is 1.90 bits per heavy atom. The Hall–Kier alpha value is -2.12. The summed E-state index contributed by atoms with van der Waals surface area (Å²) in [6.45, 7) is -0.213. The molecular weight excluding hydrogens is 301 g/mol. The minimum absolute atomic E-state index is 0.0488. The Kier molecular flexibility index (Phi) is 5.13. The van der Waals surface area contributed by atoms with Crippen LogP contribution in [0.5, 0.6) is 5.75 Å². The van der Waals surface area contributed by atoms with Gasteiger partial charge in [0.15, 0.2) is 11.6 Å². The predicted molar refractivity (Wildman–Crippen MR) is 74.7 cm³/mol. The zero-order valence-electron chi connectivity index (χ0n) is 10.8. The standard InChI is InChI=1S/C16H10ClF3O/c17-6-2-3-11-7-13(18)9-14(8-11)21-10-12-4-1-5-15(19)16(12)20/h1,4-5,7-9H,6,10H2. The molecule has 0 bridgehead atoms. The molecule has 0 aliphatic heterocycles. The van der Waals surface area contributed by atoms with Crippen molar-refractivity contribution >= 4 is 11.6 Å². The van der Waals surface area contributed by atoms with Crippen molar-refractivity contribution in [1.82, 2.24) is 0 Å². The molecule has 2 aromatic carbocycles. The first-order valence-corrected chi connectivity index (χ1v) is 6.54. The van der Waals surface area contributed by atoms with Crippen LogP contribution in [0.25, 0.3) is 0 Å². The summed E-state index contributed by atoms with van der Waals surface area (Å²) in [6.07, 6.45) is 0. The average molecular weight is 311 g/mol. The summed E-state index contributed by atoms with van der Waals surface area (Å²) in [4.78, 5) is 0. The van der Waals surface area contributed by atoms with Crippen LogP contribution in [-0.4, -0.2) is 5.88 Å². The lowest BCUT2D eigenvalue weighted by molar-refractivity contribution is 0.295. The summed E-state index contributed by atoms with van der Waals surface area (Å²) in [5.74, 6) is 3.09. The van der Waals surface area contributed by atoms with Gasteiger partial charge in [-0.25, -0.2) is 13.2 Å². The number of rotatable bonds is 3. The fourth-order valence-corrected chi connectivity index (χ4v) is 1.74. The fourth-order valence-electron chi connectivity index (χ4n) is 1.67. The molecule has 0 saturated carbocycles. The second-order valence-electron chi connectivity index (χ2n) is 4.11. The average Bonchev–Trinajstić information content (AvgIpc) is 2.46. The van der Waals surface area contributed by atoms with Gasteiger partial charge in [0.2, 0.25) is 0 Å². The molecule has 0 unspecified atom stereocenters. The molecule has 2 rings (SSSR count). The number of hydrogen-bond donors (Lipinski definition) is 0. The Balaban J connectivity index is 2.16. The molecule has 2 aromatic rings. The van der Waals surface area contributed by atoms with Gasteiger partial charge < -0.3 is 4.74 Å². The zero-order chi connectivity index (χ0) is 15.2. The SMILES string of the molecule is Fc1cc(C#CCCl)cc(OCc2cccc(F)c2F)c1. The molecule has 0 aromatic heterocycles. The third-order valence-corrected chi connectivity index (χ3v) is 2.73. The minimum Gasteiger partial charge on any atom is -0.489 e. The first-order chi connectivity index (χ1) is 10.1. The number of ether oxygens (including phenoxy) is 1. The summed E-state index contributed by atoms with van der Waals surface area (Å²) in [5, 5.41) is 0. The van der Waals surface area contributed by atoms with Gasteiger partial charge in [-0.2, -0.15) is 0 Å². The van der Waals surface area contributed by atoms with Crippen LogP contribution in [0.1, 0.15) is 11.1 Å². The van der Waals surface area contributed by atoms with Gasteiger partial charge in [-0.05, 0) is 18.2 Å². The Labute approximate surface area is 125 Å². The minimum atomic E-state index is -0.976. The molecule has 0 heterocycles. The van der Waals surface area contributed by atoms with E-state index in [0.29, 0.717) is 5.56 Å². The van der Waals surface area contributed by atoms with Crippen LogP contribution in [0.15, 0.2) is 36.4 Å². The Bertz CT molecular complexity index is 704. The molecule has 0 atom stereocenters. The molecule has 0 amide bonds. The van der Waals surface area contributed by atoms with Gasteiger partial charge in [-0.3, -0.25) is 0 Å². The van der Waals surface area contributed by atoms with E-state index >= 15 is 0 Å². The molecule has 0 fully saturated rings. The Morgan fingerprint density at radius 3 is 2.67 bits per heavy atom. The third kappa shape index (κ3) is 4.17. The third-order valence-electron chi connectivity index (χ3n) is 2.60. The second kappa shape index (κ2) is 7.05. The van der Waals surface area contributed by atoms with E-state index in [2.05, 4.69) is 11.8 Å². The summed E-state index contributed by atoms with van der Waals surface area (Å²) < 4.78 is 45.2. The molecule has 0 spiro atoms. The molecule has 0 saturated heterocycles. The van der Waals surface area contributed by atoms with Crippen LogP contribution in [0.3, 0.4) is 0 Å². The number of halogens is 4. The first kappa shape index (κ1) is 15.3. The van der Waals surface area contributed by atoms with Gasteiger partial charge in [-0.15, -0.1) is 11.6 Å². The quantitative estimate of drug-likeness (QED) is 0.607. The van der Waals surface area contributed by atoms with Gasteiger partial charge in [-0.1, -0.05) is 24.0 Å². The smallest absolute Gasteiger partial charge is 0.165 e. The molecule has 0 aliphatic rings. The number of benzene rings is 2. The van der Waals surface area contributed by atoms with Gasteiger partial charge in [0.25, 0.3) is 0 Å². The van der Waals surface area contributed by atoms with E-state index < -0.39 is 17.5 Å². The molecule has 0 radical (unpaired) electrons. The van der Waals surface area contributed by atoms with Crippen molar-refractivity contribution in [2.24, 2.45) is 0 Å². The maximum Gasteiger partial charge on any atom is 0.165 e. The van der Waals surface area contributed by atoms with Crippen molar-refractivity contribution in [3.05, 3.63) is 65.0 Å². The van der Waals surface area contributed by atoms with E-state index in [4.69, 9.17) is 16.3 Å². The summed E-state index contributed by atoms with van der Waals surface area (Å²) in [5.41, 5.74) is 0.443. The van der Waals surface area contributed by atoms with E-state index in [-0.39, 0.29) is 23.8 Å². The van der Waals surface area contributed by atoms with E-state index in [1.165, 1.54) is 24.3 Å². The van der Waals surface area contributed by atoms with Crippen molar-refractivity contribution < 1.29 is 17.9 Å². The molecule has 108 valence electrons. The summed E-state index contributed by atoms with van der Waals surface area (Å²) in [6, 6.07) is 7.66. The maximum absolute atomic E-state index is 13.5. The largest absolute Gasteiger partial charge is 0.489 e. The van der Waals surface area contributed by atoms with Crippen LogP contribution in [0, 0.1) is 29.3 Å². The fraction of sp³-hybridized carbons (Fsp3) is 0.125. The summed E-state index contributed by atoms with van der Waals surface area (Å²) in [7, 11) is 0. The first-order valence-electron chi connectivity index (χ1n) is 6.01. The lowest BCUT2D eigenvalue weighted by Gasteiger charge is -2.08. The summed E-state index contributed by atoms with van der Waals surface area (Å²) >= 11 is 5.43. The molecule has 1 nitrogen and oxygen atoms in total. The molecule has 0 N–H and O–H groups in total. The van der Waals surface area contributed by atoms with Crippen molar-refractivity contribution in [2.75, 3.05) is 5.88 Å².